The third-order valence-corrected chi connectivity index (χ3v) is 2.98. The Morgan fingerprint density at radius 3 is 2.70 bits per heavy atom. The Balaban J connectivity index is 2.17. The molecule has 0 aromatic carbocycles. The number of aromatic nitrogens is 4. The fourth-order valence-electron chi connectivity index (χ4n) is 1.96. The molecule has 0 unspecified atom stereocenters. The molecule has 0 fully saturated rings. The van der Waals surface area contributed by atoms with E-state index < -0.39 is 0 Å². The van der Waals surface area contributed by atoms with E-state index in [2.05, 4.69) is 19.9 Å². The Bertz CT molecular complexity index is 825. The van der Waals surface area contributed by atoms with Crippen molar-refractivity contribution in [3.8, 4) is 17.3 Å². The molecule has 0 aliphatic rings. The number of nitrogens with zero attached hydrogens (tertiary/aromatic N) is 3. The number of nitrogens with one attached hydrogen (secondary N) is 1. The maximum absolute atomic E-state index is 11.4. The lowest BCUT2D eigenvalue weighted by Crippen LogP contribution is -2.06. The maximum atomic E-state index is 11.4. The molecule has 3 aromatic rings. The minimum atomic E-state index is -0.186. The van der Waals surface area contributed by atoms with Gasteiger partial charge < -0.3 is 9.72 Å². The van der Waals surface area contributed by atoms with Gasteiger partial charge in [0, 0.05) is 29.3 Å². The van der Waals surface area contributed by atoms with Gasteiger partial charge in [-0.25, -0.2) is 15.0 Å². The largest absolute Gasteiger partial charge is 0.481 e. The van der Waals surface area contributed by atoms with Crippen LogP contribution in [0.5, 0.6) is 5.88 Å². The molecule has 0 aliphatic carbocycles. The van der Waals surface area contributed by atoms with E-state index >= 15 is 0 Å². The van der Waals surface area contributed by atoms with E-state index in [9.17, 15) is 4.79 Å². The summed E-state index contributed by atoms with van der Waals surface area (Å²) in [5.41, 5.74) is 1.91. The predicted molar refractivity (Wildman–Crippen MR) is 74.7 cm³/mol. The molecule has 1 N–H and O–H groups in total. The van der Waals surface area contributed by atoms with Crippen molar-refractivity contribution in [1.29, 1.82) is 0 Å². The highest BCUT2D eigenvalue weighted by atomic mass is 16.5. The van der Waals surface area contributed by atoms with Crippen molar-refractivity contribution in [2.24, 2.45) is 0 Å². The van der Waals surface area contributed by atoms with Gasteiger partial charge in [-0.1, -0.05) is 0 Å². The molecule has 3 rings (SSSR count). The molecular formula is C14H12N4O2. The number of hydrogen-bond donors (Lipinski definition) is 1. The molecular weight excluding hydrogens is 256 g/mol. The molecule has 0 spiro atoms. The molecule has 0 amide bonds. The molecule has 0 radical (unpaired) electrons. The van der Waals surface area contributed by atoms with Crippen LogP contribution in [0.15, 0.2) is 35.3 Å². The average molecular weight is 268 g/mol. The first-order valence-electron chi connectivity index (χ1n) is 6.05. The summed E-state index contributed by atoms with van der Waals surface area (Å²) in [6, 6.07) is 6.76. The lowest BCUT2D eigenvalue weighted by molar-refractivity contribution is 0.398. The van der Waals surface area contributed by atoms with E-state index in [4.69, 9.17) is 4.74 Å². The summed E-state index contributed by atoms with van der Waals surface area (Å²) in [7, 11) is 1.56. The summed E-state index contributed by atoms with van der Waals surface area (Å²) in [5.74, 6) is 1.05. The lowest BCUT2D eigenvalue weighted by atomic mass is 10.2. The van der Waals surface area contributed by atoms with Gasteiger partial charge in [-0.2, -0.15) is 0 Å². The highest BCUT2D eigenvalue weighted by Crippen LogP contribution is 2.20. The van der Waals surface area contributed by atoms with Crippen molar-refractivity contribution in [2.75, 3.05) is 7.11 Å². The van der Waals surface area contributed by atoms with Gasteiger partial charge in [-0.05, 0) is 19.1 Å². The van der Waals surface area contributed by atoms with E-state index in [1.165, 1.54) is 6.07 Å². The topological polar surface area (TPSA) is 80.8 Å². The molecule has 3 aromatic heterocycles. The van der Waals surface area contributed by atoms with E-state index in [0.717, 1.165) is 16.6 Å². The Hall–Kier alpha value is -2.76. The number of rotatable bonds is 2. The Kier molecular flexibility index (Phi) is 2.90. The number of pyridine rings is 2. The molecule has 6 heteroatoms. The second kappa shape index (κ2) is 4.73. The number of methoxy groups -OCH3 is 1. The first kappa shape index (κ1) is 12.3. The molecule has 6 nitrogen and oxygen atoms in total. The van der Waals surface area contributed by atoms with Gasteiger partial charge in [-0.15, -0.1) is 0 Å². The number of aromatic amines is 1. The van der Waals surface area contributed by atoms with Crippen molar-refractivity contribution < 1.29 is 4.74 Å². The maximum Gasteiger partial charge on any atom is 0.249 e. The molecule has 0 aliphatic heterocycles. The Labute approximate surface area is 114 Å². The van der Waals surface area contributed by atoms with Crippen LogP contribution in [0.25, 0.3) is 22.4 Å². The molecule has 3 heterocycles. The van der Waals surface area contributed by atoms with Crippen LogP contribution in [-0.4, -0.2) is 27.0 Å². The normalized spacial score (nSPS) is 10.7. The number of aryl methyl sites for hydroxylation is 1. The van der Waals surface area contributed by atoms with Crippen LogP contribution in [0.2, 0.25) is 0 Å². The van der Waals surface area contributed by atoms with Gasteiger partial charge in [-0.3, -0.25) is 4.79 Å². The zero-order chi connectivity index (χ0) is 14.1. The highest BCUT2D eigenvalue weighted by Gasteiger charge is 2.08. The zero-order valence-corrected chi connectivity index (χ0v) is 11.0. The monoisotopic (exact) mass is 268 g/mol. The first-order valence-corrected chi connectivity index (χ1v) is 6.05. The van der Waals surface area contributed by atoms with Crippen LogP contribution in [-0.2, 0) is 0 Å². The van der Waals surface area contributed by atoms with Crippen molar-refractivity contribution in [3.05, 3.63) is 46.5 Å². The van der Waals surface area contributed by atoms with E-state index in [1.807, 2.05) is 13.0 Å². The molecule has 0 saturated heterocycles. The number of H-pyrrole nitrogens is 1. The molecule has 0 saturated carbocycles. The van der Waals surface area contributed by atoms with Gasteiger partial charge in [0.05, 0.1) is 12.8 Å². The second-order valence-corrected chi connectivity index (χ2v) is 4.31. The molecule has 0 bridgehead atoms. The van der Waals surface area contributed by atoms with Gasteiger partial charge in [0.15, 0.2) is 5.82 Å². The summed E-state index contributed by atoms with van der Waals surface area (Å²) in [4.78, 5) is 27.0. The molecule has 20 heavy (non-hydrogen) atoms. The van der Waals surface area contributed by atoms with Gasteiger partial charge in [0.2, 0.25) is 11.4 Å². The van der Waals surface area contributed by atoms with Crippen molar-refractivity contribution in [1.82, 2.24) is 19.9 Å². The zero-order valence-electron chi connectivity index (χ0n) is 11.0. The first-order chi connectivity index (χ1) is 9.67. The van der Waals surface area contributed by atoms with Crippen molar-refractivity contribution >= 4 is 11.0 Å². The summed E-state index contributed by atoms with van der Waals surface area (Å²) in [5, 5.41) is 0.829. The quantitative estimate of drug-likeness (QED) is 0.765. The van der Waals surface area contributed by atoms with Gasteiger partial charge >= 0.3 is 0 Å². The third kappa shape index (κ3) is 2.11. The minimum absolute atomic E-state index is 0.186. The van der Waals surface area contributed by atoms with Crippen molar-refractivity contribution in [3.63, 3.8) is 0 Å². The number of fused-ring (bicyclic) bond motifs is 1. The van der Waals surface area contributed by atoms with Crippen LogP contribution < -0.4 is 10.3 Å². The van der Waals surface area contributed by atoms with E-state index in [0.29, 0.717) is 17.4 Å². The third-order valence-electron chi connectivity index (χ3n) is 2.98. The second-order valence-electron chi connectivity index (χ2n) is 4.31. The van der Waals surface area contributed by atoms with Crippen LogP contribution in [0.1, 0.15) is 5.69 Å². The average Bonchev–Trinajstić information content (AvgIpc) is 2.46. The van der Waals surface area contributed by atoms with E-state index in [1.54, 1.807) is 25.4 Å². The van der Waals surface area contributed by atoms with Gasteiger partial charge in [0.1, 0.15) is 5.65 Å². The Morgan fingerprint density at radius 1 is 1.15 bits per heavy atom. The lowest BCUT2D eigenvalue weighted by Gasteiger charge is -2.05. The summed E-state index contributed by atoms with van der Waals surface area (Å²) in [6.45, 7) is 1.88. The van der Waals surface area contributed by atoms with Crippen LogP contribution in [0.4, 0.5) is 0 Å². The van der Waals surface area contributed by atoms with E-state index in [-0.39, 0.29) is 5.56 Å². The van der Waals surface area contributed by atoms with Crippen LogP contribution in [0, 0.1) is 6.92 Å². The summed E-state index contributed by atoms with van der Waals surface area (Å²) >= 11 is 0. The molecule has 100 valence electrons. The summed E-state index contributed by atoms with van der Waals surface area (Å²) < 4.78 is 5.02. The number of hydrogen-bond acceptors (Lipinski definition) is 5. The highest BCUT2D eigenvalue weighted by molar-refractivity contribution is 5.78. The fourth-order valence-corrected chi connectivity index (χ4v) is 1.96. The van der Waals surface area contributed by atoms with Crippen molar-refractivity contribution in [2.45, 2.75) is 6.92 Å². The predicted octanol–water partition coefficient (Wildman–Crippen LogP) is 1.70. The van der Waals surface area contributed by atoms with Crippen LogP contribution >= 0.6 is 0 Å². The SMILES string of the molecule is COc1ccc(-c2nc(C)c3ccc(=O)[nH]c3n2)cn1. The standard InChI is InChI=1S/C14H12N4O2/c1-8-10-4-5-11(19)17-14(10)18-13(16-8)9-3-6-12(20-2)15-7-9/h3-7H,1-2H3,(H,16,17,18,19). The molecule has 0 atom stereocenters. The number of ether oxygens (including phenoxy) is 1. The smallest absolute Gasteiger partial charge is 0.249 e. The minimum Gasteiger partial charge on any atom is -0.481 e. The summed E-state index contributed by atoms with van der Waals surface area (Å²) in [6.07, 6.45) is 1.64. The Morgan fingerprint density at radius 2 is 2.00 bits per heavy atom. The van der Waals surface area contributed by atoms with Gasteiger partial charge in [0.25, 0.3) is 0 Å². The fraction of sp³-hybridized carbons (Fsp3) is 0.143. The van der Waals surface area contributed by atoms with Crippen LogP contribution in [0.3, 0.4) is 0 Å².